The second-order valence-corrected chi connectivity index (χ2v) is 5.16. The molecule has 3 aromatic carbocycles. The van der Waals surface area contributed by atoms with Crippen molar-refractivity contribution in [1.29, 1.82) is 0 Å². The van der Waals surface area contributed by atoms with Crippen LogP contribution in [0.1, 0.15) is 11.3 Å². The van der Waals surface area contributed by atoms with E-state index in [4.69, 9.17) is 5.73 Å². The van der Waals surface area contributed by atoms with Gasteiger partial charge in [0.15, 0.2) is 0 Å². The molecule has 3 nitrogen and oxygen atoms in total. The average molecular weight is 400 g/mol. The quantitative estimate of drug-likeness (QED) is 0.382. The molecule has 0 aliphatic carbocycles. The number of nitrogens with one attached hydrogen (secondary N) is 1. The van der Waals surface area contributed by atoms with E-state index in [2.05, 4.69) is 40.5 Å². The molecule has 0 radical (unpaired) electrons. The summed E-state index contributed by atoms with van der Waals surface area (Å²) in [7, 11) is 0. The van der Waals surface area contributed by atoms with Gasteiger partial charge in [-0.25, -0.2) is 5.10 Å². The van der Waals surface area contributed by atoms with E-state index in [-0.39, 0.29) is 32.7 Å². The molecule has 0 spiro atoms. The molecule has 1 aromatic heterocycles. The molecule has 0 aliphatic rings. The van der Waals surface area contributed by atoms with Crippen molar-refractivity contribution in [3.8, 4) is 0 Å². The van der Waals surface area contributed by atoms with Crippen LogP contribution in [0.5, 0.6) is 0 Å². The number of aromatic nitrogens is 2. The molecule has 25 heavy (non-hydrogen) atoms. The summed E-state index contributed by atoms with van der Waals surface area (Å²) in [6.45, 7) is 0. The van der Waals surface area contributed by atoms with Crippen LogP contribution in [0.15, 0.2) is 72.8 Å². The molecule has 4 aromatic rings. The summed E-state index contributed by atoms with van der Waals surface area (Å²) in [6.07, 6.45) is 4.12. The Morgan fingerprint density at radius 2 is 1.68 bits per heavy atom. The van der Waals surface area contributed by atoms with Gasteiger partial charge in [0.2, 0.25) is 0 Å². The average Bonchev–Trinajstić information content (AvgIpc) is 3.05. The predicted octanol–water partition coefficient (Wildman–Crippen LogP) is 4.60. The molecule has 0 fully saturated rings. The molecule has 118 valence electrons. The van der Waals surface area contributed by atoms with Gasteiger partial charge in [-0.3, -0.25) is 5.10 Å². The molecule has 0 aliphatic heterocycles. The summed E-state index contributed by atoms with van der Waals surface area (Å²) < 4.78 is 0. The van der Waals surface area contributed by atoms with Gasteiger partial charge in [-0.05, 0) is 17.2 Å². The molecule has 0 saturated heterocycles. The van der Waals surface area contributed by atoms with Gasteiger partial charge < -0.3 is 5.73 Å². The van der Waals surface area contributed by atoms with Gasteiger partial charge in [-0.2, -0.15) is 48.5 Å². The number of H-pyrrole nitrogens is 1. The Bertz CT molecular complexity index is 915. The van der Waals surface area contributed by atoms with Crippen molar-refractivity contribution in [2.45, 2.75) is 0 Å². The number of aromatic amines is 1. The van der Waals surface area contributed by atoms with Gasteiger partial charge >= 0.3 is 32.7 Å². The zero-order valence-corrected chi connectivity index (χ0v) is 16.5. The van der Waals surface area contributed by atoms with E-state index < -0.39 is 0 Å². The Kier molecular flexibility index (Phi) is 7.58. The van der Waals surface area contributed by atoms with Crippen molar-refractivity contribution >= 4 is 28.7 Å². The third kappa shape index (κ3) is 5.66. The van der Waals surface area contributed by atoms with Crippen LogP contribution in [0.25, 0.3) is 23.1 Å². The summed E-state index contributed by atoms with van der Waals surface area (Å²) in [5, 5.41) is 8.37. The van der Waals surface area contributed by atoms with E-state index in [9.17, 15) is 0 Å². The zero-order chi connectivity index (χ0) is 16.6. The third-order valence-electron chi connectivity index (χ3n) is 3.40. The van der Waals surface area contributed by atoms with Crippen molar-refractivity contribution in [2.75, 3.05) is 5.73 Å². The smallest absolute Gasteiger partial charge is 0.449 e. The Labute approximate surface area is 172 Å². The number of hydrogen-bond donors (Lipinski definition) is 2. The first kappa shape index (κ1) is 19.1. The minimum absolute atomic E-state index is 0. The van der Waals surface area contributed by atoms with E-state index >= 15 is 0 Å². The monoisotopic (exact) mass is 400 g/mol. The Morgan fingerprint density at radius 1 is 0.880 bits per heavy atom. The van der Waals surface area contributed by atoms with Gasteiger partial charge in [0.25, 0.3) is 0 Å². The van der Waals surface area contributed by atoms with Crippen LogP contribution in [0, 0.1) is 12.1 Å². The molecule has 0 unspecified atom stereocenters. The molecule has 0 saturated carbocycles. The Hall–Kier alpha value is -2.23. The van der Waals surface area contributed by atoms with Crippen molar-refractivity contribution < 1.29 is 32.7 Å². The van der Waals surface area contributed by atoms with E-state index in [1.54, 1.807) is 6.07 Å². The maximum Gasteiger partial charge on any atom is 3.00 e. The number of rotatable bonds is 2. The maximum atomic E-state index is 5.33. The van der Waals surface area contributed by atoms with E-state index in [1.165, 1.54) is 5.56 Å². The molecule has 4 heteroatoms. The number of nitrogens with two attached hydrogens (primary N) is 1. The zero-order valence-electron chi connectivity index (χ0n) is 13.7. The van der Waals surface area contributed by atoms with Gasteiger partial charge in [-0.1, -0.05) is 47.5 Å². The van der Waals surface area contributed by atoms with Gasteiger partial charge in [0.05, 0.1) is 0 Å². The van der Waals surface area contributed by atoms with Crippen molar-refractivity contribution in [3.63, 3.8) is 0 Å². The molecule has 4 rings (SSSR count). The van der Waals surface area contributed by atoms with E-state index in [0.29, 0.717) is 0 Å². The van der Waals surface area contributed by atoms with Crippen LogP contribution in [0.2, 0.25) is 0 Å². The number of hydrogen-bond acceptors (Lipinski definition) is 2. The molecule has 0 atom stereocenters. The van der Waals surface area contributed by atoms with Crippen LogP contribution >= 0.6 is 0 Å². The normalized spacial score (nSPS) is 10.1. The second kappa shape index (κ2) is 9.92. The summed E-state index contributed by atoms with van der Waals surface area (Å²) in [5.41, 5.74) is 9.24. The fraction of sp³-hybridized carbons (Fsp3) is 0. The number of nitrogen functional groups attached to an aromatic ring is 1. The first-order chi connectivity index (χ1) is 11.8. The molecular formula is C21H17N3Y+. The minimum atomic E-state index is 0. The summed E-state index contributed by atoms with van der Waals surface area (Å²) in [4.78, 5) is 0. The standard InChI is InChI=1S/C15H11N2.C6H6N.Y/c1-2-6-12(7-3-1)10-11-15-13-8-4-5-9-14(13)16-17-15;7-6-4-2-1-3-5-6;/h1-4,6-11H,(H,16,17);1-2,4-5H,7H2;/q2*-1;+3/b11-10+;;. The van der Waals surface area contributed by atoms with Crippen LogP contribution in [0.4, 0.5) is 5.69 Å². The molecule has 1 heterocycles. The molecular weight excluding hydrogens is 383 g/mol. The topological polar surface area (TPSA) is 54.7 Å². The van der Waals surface area contributed by atoms with Gasteiger partial charge in [-0.15, -0.1) is 6.07 Å². The SMILES string of the molecule is Nc1c[c-]ccc1.[Y+3].[c-]1ccc2c(/C=C/c3ccccc3)[nH]nc2c1. The van der Waals surface area contributed by atoms with Crippen LogP contribution in [0.3, 0.4) is 0 Å². The fourth-order valence-electron chi connectivity index (χ4n) is 2.20. The molecule has 0 bridgehead atoms. The summed E-state index contributed by atoms with van der Waals surface area (Å²) in [5.74, 6) is 0. The van der Waals surface area contributed by atoms with Crippen LogP contribution < -0.4 is 5.73 Å². The first-order valence-electron chi connectivity index (χ1n) is 7.62. The third-order valence-corrected chi connectivity index (χ3v) is 3.40. The van der Waals surface area contributed by atoms with Gasteiger partial charge in [0, 0.05) is 5.69 Å². The molecule has 0 amide bonds. The number of fused-ring (bicyclic) bond motifs is 1. The summed E-state index contributed by atoms with van der Waals surface area (Å²) >= 11 is 0. The van der Waals surface area contributed by atoms with Crippen LogP contribution in [-0.2, 0) is 32.7 Å². The van der Waals surface area contributed by atoms with Crippen molar-refractivity contribution in [3.05, 3.63) is 96.2 Å². The van der Waals surface area contributed by atoms with E-state index in [0.717, 1.165) is 22.3 Å². The van der Waals surface area contributed by atoms with Crippen LogP contribution in [-0.4, -0.2) is 10.2 Å². The van der Waals surface area contributed by atoms with Crippen molar-refractivity contribution in [1.82, 2.24) is 10.2 Å². The fourth-order valence-corrected chi connectivity index (χ4v) is 2.20. The predicted molar refractivity (Wildman–Crippen MR) is 100.0 cm³/mol. The van der Waals surface area contributed by atoms with Gasteiger partial charge in [0.1, 0.15) is 0 Å². The molecule has 3 N–H and O–H groups in total. The second-order valence-electron chi connectivity index (χ2n) is 5.16. The Morgan fingerprint density at radius 3 is 2.36 bits per heavy atom. The van der Waals surface area contributed by atoms with Crippen molar-refractivity contribution in [2.24, 2.45) is 0 Å². The number of nitrogens with zero attached hydrogens (tertiary/aromatic N) is 1. The number of anilines is 1. The minimum Gasteiger partial charge on any atom is -0.449 e. The largest absolute Gasteiger partial charge is 3.00 e. The Balaban J connectivity index is 0.000000240. The number of benzene rings is 3. The van der Waals surface area contributed by atoms with E-state index in [1.807, 2.05) is 60.7 Å². The summed E-state index contributed by atoms with van der Waals surface area (Å²) in [6, 6.07) is 29.1. The maximum absolute atomic E-state index is 5.33. The first-order valence-corrected chi connectivity index (χ1v) is 7.62.